The molecule has 2 aromatic heterocycles. The SMILES string of the molecule is CCC(=O)c1cnn2cc(C#N)ccc12. The minimum absolute atomic E-state index is 0.0645. The Morgan fingerprint density at radius 3 is 3.07 bits per heavy atom. The van der Waals surface area contributed by atoms with Crippen LogP contribution in [-0.4, -0.2) is 15.4 Å². The number of ketones is 1. The van der Waals surface area contributed by atoms with Crippen LogP contribution in [0, 0.1) is 11.3 Å². The first kappa shape index (κ1) is 9.41. The topological polar surface area (TPSA) is 58.2 Å². The lowest BCUT2D eigenvalue weighted by atomic mass is 10.1. The number of carbonyl (C=O) groups excluding carboxylic acids is 1. The molecule has 0 atom stereocenters. The molecule has 0 aliphatic carbocycles. The standard InChI is InChI=1S/C11H9N3O/c1-2-11(15)9-6-13-14-7-8(5-12)3-4-10(9)14/h3-4,6-7H,2H2,1H3. The Morgan fingerprint density at radius 1 is 1.60 bits per heavy atom. The van der Waals surface area contributed by atoms with Gasteiger partial charge in [0.25, 0.3) is 0 Å². The number of pyridine rings is 1. The molecule has 0 fully saturated rings. The summed E-state index contributed by atoms with van der Waals surface area (Å²) in [5.41, 5.74) is 1.89. The Bertz CT molecular complexity index is 563. The van der Waals surface area contributed by atoms with Crippen molar-refractivity contribution >= 4 is 11.3 Å². The molecular weight excluding hydrogens is 190 g/mol. The summed E-state index contributed by atoms with van der Waals surface area (Å²) in [6, 6.07) is 5.45. The smallest absolute Gasteiger partial charge is 0.166 e. The number of hydrogen-bond donors (Lipinski definition) is 0. The van der Waals surface area contributed by atoms with Crippen LogP contribution in [0.4, 0.5) is 0 Å². The average Bonchev–Trinajstić information content (AvgIpc) is 2.70. The van der Waals surface area contributed by atoms with Crippen molar-refractivity contribution in [1.82, 2.24) is 9.61 Å². The van der Waals surface area contributed by atoms with Crippen LogP contribution in [0.3, 0.4) is 0 Å². The Balaban J connectivity index is 2.63. The van der Waals surface area contributed by atoms with Crippen molar-refractivity contribution in [3.05, 3.63) is 35.7 Å². The molecule has 0 unspecified atom stereocenters. The van der Waals surface area contributed by atoms with E-state index in [-0.39, 0.29) is 5.78 Å². The maximum Gasteiger partial charge on any atom is 0.166 e. The zero-order valence-electron chi connectivity index (χ0n) is 8.27. The molecule has 4 nitrogen and oxygen atoms in total. The van der Waals surface area contributed by atoms with Crippen molar-refractivity contribution in [3.8, 4) is 6.07 Å². The molecule has 0 aliphatic rings. The number of hydrogen-bond acceptors (Lipinski definition) is 3. The zero-order chi connectivity index (χ0) is 10.8. The van der Waals surface area contributed by atoms with Crippen LogP contribution >= 0.6 is 0 Å². The normalized spacial score (nSPS) is 10.1. The summed E-state index contributed by atoms with van der Waals surface area (Å²) in [6.07, 6.45) is 3.62. The van der Waals surface area contributed by atoms with Gasteiger partial charge >= 0.3 is 0 Å². The lowest BCUT2D eigenvalue weighted by Crippen LogP contribution is -1.95. The van der Waals surface area contributed by atoms with Gasteiger partial charge in [-0.15, -0.1) is 0 Å². The minimum atomic E-state index is 0.0645. The maximum absolute atomic E-state index is 11.5. The summed E-state index contributed by atoms with van der Waals surface area (Å²) in [4.78, 5) is 11.5. The van der Waals surface area contributed by atoms with E-state index in [1.165, 1.54) is 0 Å². The van der Waals surface area contributed by atoms with Crippen molar-refractivity contribution in [1.29, 1.82) is 5.26 Å². The van der Waals surface area contributed by atoms with E-state index in [1.54, 1.807) is 29.0 Å². The maximum atomic E-state index is 11.5. The van der Waals surface area contributed by atoms with E-state index in [2.05, 4.69) is 5.10 Å². The van der Waals surface area contributed by atoms with Gasteiger partial charge in [-0.3, -0.25) is 4.79 Å². The van der Waals surface area contributed by atoms with Gasteiger partial charge in [-0.25, -0.2) is 4.52 Å². The summed E-state index contributed by atoms with van der Waals surface area (Å²) in [7, 11) is 0. The van der Waals surface area contributed by atoms with Gasteiger partial charge in [0.15, 0.2) is 5.78 Å². The number of nitrogens with zero attached hydrogens (tertiary/aromatic N) is 3. The van der Waals surface area contributed by atoms with Crippen LogP contribution in [0.15, 0.2) is 24.5 Å². The predicted octanol–water partition coefficient (Wildman–Crippen LogP) is 1.80. The Morgan fingerprint density at radius 2 is 2.40 bits per heavy atom. The molecule has 0 amide bonds. The van der Waals surface area contributed by atoms with Gasteiger partial charge in [0.05, 0.1) is 22.8 Å². The molecule has 0 spiro atoms. The molecule has 0 saturated heterocycles. The Kier molecular flexibility index (Phi) is 2.22. The molecule has 0 bridgehead atoms. The molecule has 0 saturated carbocycles. The predicted molar refractivity (Wildman–Crippen MR) is 54.5 cm³/mol. The van der Waals surface area contributed by atoms with E-state index in [0.29, 0.717) is 17.5 Å². The second-order valence-electron chi connectivity index (χ2n) is 3.19. The first-order valence-corrected chi connectivity index (χ1v) is 4.67. The molecule has 2 aromatic rings. The molecular formula is C11H9N3O. The van der Waals surface area contributed by atoms with Gasteiger partial charge in [0.2, 0.25) is 0 Å². The van der Waals surface area contributed by atoms with E-state index in [4.69, 9.17) is 5.26 Å². The summed E-state index contributed by atoms with van der Waals surface area (Å²) < 4.78 is 1.56. The van der Waals surface area contributed by atoms with Crippen molar-refractivity contribution in [2.24, 2.45) is 0 Å². The van der Waals surface area contributed by atoms with Gasteiger partial charge in [0.1, 0.15) is 6.07 Å². The van der Waals surface area contributed by atoms with Crippen molar-refractivity contribution < 1.29 is 4.79 Å². The lowest BCUT2D eigenvalue weighted by molar-refractivity contribution is 0.0989. The second kappa shape index (κ2) is 3.54. The van der Waals surface area contributed by atoms with Gasteiger partial charge < -0.3 is 0 Å². The quantitative estimate of drug-likeness (QED) is 0.693. The van der Waals surface area contributed by atoms with Crippen LogP contribution in [0.2, 0.25) is 0 Å². The van der Waals surface area contributed by atoms with Crippen molar-refractivity contribution in [2.75, 3.05) is 0 Å². The highest BCUT2D eigenvalue weighted by Gasteiger charge is 2.10. The average molecular weight is 199 g/mol. The third kappa shape index (κ3) is 1.48. The molecule has 0 radical (unpaired) electrons. The lowest BCUT2D eigenvalue weighted by Gasteiger charge is -1.96. The largest absolute Gasteiger partial charge is 0.294 e. The van der Waals surface area contributed by atoms with Crippen molar-refractivity contribution in [3.63, 3.8) is 0 Å². The minimum Gasteiger partial charge on any atom is -0.294 e. The Hall–Kier alpha value is -2.15. The van der Waals surface area contributed by atoms with E-state index in [9.17, 15) is 4.79 Å². The summed E-state index contributed by atoms with van der Waals surface area (Å²) in [6.45, 7) is 1.81. The molecule has 2 heterocycles. The molecule has 4 heteroatoms. The van der Waals surface area contributed by atoms with Crippen LogP contribution in [0.25, 0.3) is 5.52 Å². The molecule has 0 aliphatic heterocycles. The van der Waals surface area contributed by atoms with Crippen LogP contribution < -0.4 is 0 Å². The summed E-state index contributed by atoms with van der Waals surface area (Å²) in [5, 5.41) is 12.7. The monoisotopic (exact) mass is 199 g/mol. The number of aromatic nitrogens is 2. The zero-order valence-corrected chi connectivity index (χ0v) is 8.27. The third-order valence-corrected chi connectivity index (χ3v) is 2.27. The van der Waals surface area contributed by atoms with E-state index >= 15 is 0 Å². The Labute approximate surface area is 86.8 Å². The number of Topliss-reactive ketones (excluding diaryl/α,β-unsaturated/α-hetero) is 1. The molecule has 2 rings (SSSR count). The van der Waals surface area contributed by atoms with Gasteiger partial charge in [-0.05, 0) is 12.1 Å². The highest BCUT2D eigenvalue weighted by molar-refractivity contribution is 6.01. The summed E-state index contributed by atoms with van der Waals surface area (Å²) in [5.74, 6) is 0.0645. The van der Waals surface area contributed by atoms with Gasteiger partial charge in [0, 0.05) is 12.6 Å². The summed E-state index contributed by atoms with van der Waals surface area (Å²) >= 11 is 0. The van der Waals surface area contributed by atoms with E-state index in [1.807, 2.05) is 13.0 Å². The number of fused-ring (bicyclic) bond motifs is 1. The number of nitriles is 1. The van der Waals surface area contributed by atoms with Crippen LogP contribution in [0.1, 0.15) is 29.3 Å². The van der Waals surface area contributed by atoms with Crippen LogP contribution in [-0.2, 0) is 0 Å². The fourth-order valence-electron chi connectivity index (χ4n) is 1.46. The molecule has 0 N–H and O–H groups in total. The molecule has 74 valence electrons. The van der Waals surface area contributed by atoms with E-state index in [0.717, 1.165) is 5.52 Å². The molecule has 15 heavy (non-hydrogen) atoms. The second-order valence-corrected chi connectivity index (χ2v) is 3.19. The fourth-order valence-corrected chi connectivity index (χ4v) is 1.46. The first-order chi connectivity index (χ1) is 7.26. The van der Waals surface area contributed by atoms with Gasteiger partial charge in [-0.2, -0.15) is 10.4 Å². The highest BCUT2D eigenvalue weighted by Crippen LogP contribution is 2.13. The van der Waals surface area contributed by atoms with Crippen molar-refractivity contribution in [2.45, 2.75) is 13.3 Å². The number of rotatable bonds is 2. The fraction of sp³-hybridized carbons (Fsp3) is 0.182. The highest BCUT2D eigenvalue weighted by atomic mass is 16.1. The van der Waals surface area contributed by atoms with E-state index < -0.39 is 0 Å². The van der Waals surface area contributed by atoms with Gasteiger partial charge in [-0.1, -0.05) is 6.92 Å². The molecule has 0 aromatic carbocycles. The van der Waals surface area contributed by atoms with Crippen LogP contribution in [0.5, 0.6) is 0 Å². The first-order valence-electron chi connectivity index (χ1n) is 4.67. The third-order valence-electron chi connectivity index (χ3n) is 2.27. The number of carbonyl (C=O) groups is 1.